The molecule has 2 aromatic carbocycles. The summed E-state index contributed by atoms with van der Waals surface area (Å²) in [5.41, 5.74) is 1.47. The van der Waals surface area contributed by atoms with Crippen LogP contribution in [0.3, 0.4) is 0 Å². The van der Waals surface area contributed by atoms with Gasteiger partial charge in [0.2, 0.25) is 5.91 Å². The Morgan fingerprint density at radius 3 is 3.00 bits per heavy atom. The first-order valence-corrected chi connectivity index (χ1v) is 8.01. The van der Waals surface area contributed by atoms with Gasteiger partial charge in [0, 0.05) is 23.0 Å². The lowest BCUT2D eigenvalue weighted by Crippen LogP contribution is -2.26. The van der Waals surface area contributed by atoms with Gasteiger partial charge in [0.15, 0.2) is 0 Å². The fourth-order valence-corrected chi connectivity index (χ4v) is 3.69. The SMILES string of the molecule is COc1cc(F)ccc1NC(=O)[C@@H]1C[C@]12CCOc1ccccc12. The van der Waals surface area contributed by atoms with Gasteiger partial charge in [0.05, 0.1) is 19.4 Å². The van der Waals surface area contributed by atoms with E-state index in [1.54, 1.807) is 0 Å². The minimum absolute atomic E-state index is 0.0587. The molecule has 1 aliphatic heterocycles. The number of halogens is 1. The number of amides is 1. The van der Waals surface area contributed by atoms with Gasteiger partial charge in [0.25, 0.3) is 0 Å². The Hall–Kier alpha value is -2.56. The van der Waals surface area contributed by atoms with Gasteiger partial charge in [-0.2, -0.15) is 0 Å². The van der Waals surface area contributed by atoms with Crippen LogP contribution < -0.4 is 14.8 Å². The average molecular weight is 327 g/mol. The Balaban J connectivity index is 1.56. The molecule has 1 spiro atoms. The summed E-state index contributed by atoms with van der Waals surface area (Å²) in [6.07, 6.45) is 1.64. The van der Waals surface area contributed by atoms with Crippen LogP contribution in [-0.2, 0) is 10.2 Å². The molecule has 0 bridgehead atoms. The molecule has 1 saturated carbocycles. The molecule has 2 atom stereocenters. The topological polar surface area (TPSA) is 47.6 Å². The molecular weight excluding hydrogens is 309 g/mol. The smallest absolute Gasteiger partial charge is 0.228 e. The number of rotatable bonds is 3. The van der Waals surface area contributed by atoms with Gasteiger partial charge in [-0.05, 0) is 31.0 Å². The van der Waals surface area contributed by atoms with Crippen molar-refractivity contribution in [3.05, 3.63) is 53.8 Å². The highest BCUT2D eigenvalue weighted by Gasteiger charge is 2.61. The van der Waals surface area contributed by atoms with E-state index in [1.165, 1.54) is 25.3 Å². The van der Waals surface area contributed by atoms with E-state index in [-0.39, 0.29) is 17.2 Å². The molecule has 5 heteroatoms. The third-order valence-corrected chi connectivity index (χ3v) is 5.04. The van der Waals surface area contributed by atoms with E-state index in [9.17, 15) is 9.18 Å². The van der Waals surface area contributed by atoms with E-state index in [0.29, 0.717) is 18.0 Å². The standard InChI is InChI=1S/C19H18FNO3/c1-23-17-10-12(20)6-7-15(17)21-18(22)14-11-19(14)8-9-24-16-5-3-2-4-13(16)19/h2-7,10,14H,8-9,11H2,1H3,(H,21,22)/t14-,19-/m0/s1. The zero-order chi connectivity index (χ0) is 16.7. The molecule has 0 aromatic heterocycles. The zero-order valence-electron chi connectivity index (χ0n) is 13.3. The second kappa shape index (κ2) is 5.51. The zero-order valence-corrected chi connectivity index (χ0v) is 13.3. The number of ether oxygens (including phenoxy) is 2. The summed E-state index contributed by atoms with van der Waals surface area (Å²) in [4.78, 5) is 12.7. The van der Waals surface area contributed by atoms with Crippen LogP contribution in [0.25, 0.3) is 0 Å². The number of benzene rings is 2. The van der Waals surface area contributed by atoms with Crippen molar-refractivity contribution in [3.63, 3.8) is 0 Å². The van der Waals surface area contributed by atoms with Gasteiger partial charge in [-0.3, -0.25) is 4.79 Å². The third-order valence-electron chi connectivity index (χ3n) is 5.04. The maximum Gasteiger partial charge on any atom is 0.228 e. The molecule has 2 aliphatic rings. The fraction of sp³-hybridized carbons (Fsp3) is 0.316. The molecule has 2 aromatic rings. The Kier molecular flexibility index (Phi) is 3.44. The van der Waals surface area contributed by atoms with E-state index in [1.807, 2.05) is 24.3 Å². The lowest BCUT2D eigenvalue weighted by atomic mass is 9.87. The minimum atomic E-state index is -0.397. The van der Waals surface area contributed by atoms with Crippen molar-refractivity contribution < 1.29 is 18.7 Å². The van der Waals surface area contributed by atoms with Crippen molar-refractivity contribution in [2.75, 3.05) is 19.0 Å². The first-order valence-electron chi connectivity index (χ1n) is 8.01. The van der Waals surface area contributed by atoms with Crippen molar-refractivity contribution in [2.24, 2.45) is 5.92 Å². The quantitative estimate of drug-likeness (QED) is 0.938. The van der Waals surface area contributed by atoms with Crippen molar-refractivity contribution in [3.8, 4) is 11.5 Å². The highest BCUT2D eigenvalue weighted by atomic mass is 19.1. The summed E-state index contributed by atoms with van der Waals surface area (Å²) in [6.45, 7) is 0.626. The van der Waals surface area contributed by atoms with Crippen molar-refractivity contribution in [1.82, 2.24) is 0 Å². The van der Waals surface area contributed by atoms with Gasteiger partial charge >= 0.3 is 0 Å². The number of para-hydroxylation sites is 1. The van der Waals surface area contributed by atoms with E-state index in [2.05, 4.69) is 5.32 Å². The Morgan fingerprint density at radius 2 is 2.17 bits per heavy atom. The van der Waals surface area contributed by atoms with E-state index < -0.39 is 5.82 Å². The Morgan fingerprint density at radius 1 is 1.33 bits per heavy atom. The van der Waals surface area contributed by atoms with E-state index >= 15 is 0 Å². The molecule has 1 N–H and O–H groups in total. The molecule has 1 fully saturated rings. The van der Waals surface area contributed by atoms with Crippen LogP contribution in [0.2, 0.25) is 0 Å². The molecule has 24 heavy (non-hydrogen) atoms. The van der Waals surface area contributed by atoms with Crippen LogP contribution in [-0.4, -0.2) is 19.6 Å². The maximum atomic E-state index is 13.3. The summed E-state index contributed by atoms with van der Waals surface area (Å²) < 4.78 is 24.1. The molecule has 0 unspecified atom stereocenters. The lowest BCUT2D eigenvalue weighted by molar-refractivity contribution is -0.117. The summed E-state index contributed by atoms with van der Waals surface area (Å²) in [7, 11) is 1.46. The number of anilines is 1. The van der Waals surface area contributed by atoms with E-state index in [0.717, 1.165) is 24.2 Å². The average Bonchev–Trinajstić information content (AvgIpc) is 3.32. The highest BCUT2D eigenvalue weighted by Crippen LogP contribution is 2.60. The van der Waals surface area contributed by atoms with Crippen molar-refractivity contribution >= 4 is 11.6 Å². The number of carbonyl (C=O) groups is 1. The van der Waals surface area contributed by atoms with Crippen LogP contribution in [0, 0.1) is 11.7 Å². The Bertz CT molecular complexity index is 807. The summed E-state index contributed by atoms with van der Waals surface area (Å²) in [5.74, 6) is 0.642. The van der Waals surface area contributed by atoms with Gasteiger partial charge in [-0.25, -0.2) is 4.39 Å². The predicted molar refractivity (Wildman–Crippen MR) is 87.9 cm³/mol. The van der Waals surface area contributed by atoms with Gasteiger partial charge in [0.1, 0.15) is 17.3 Å². The molecule has 124 valence electrons. The molecule has 4 nitrogen and oxygen atoms in total. The highest BCUT2D eigenvalue weighted by molar-refractivity contribution is 5.97. The van der Waals surface area contributed by atoms with Gasteiger partial charge < -0.3 is 14.8 Å². The maximum absolute atomic E-state index is 13.3. The van der Waals surface area contributed by atoms with Crippen LogP contribution in [0.1, 0.15) is 18.4 Å². The fourth-order valence-electron chi connectivity index (χ4n) is 3.69. The van der Waals surface area contributed by atoms with Crippen LogP contribution in [0.4, 0.5) is 10.1 Å². The summed E-state index contributed by atoms with van der Waals surface area (Å²) in [5, 5.41) is 2.88. The van der Waals surface area contributed by atoms with Gasteiger partial charge in [-0.1, -0.05) is 18.2 Å². The second-order valence-electron chi connectivity index (χ2n) is 6.34. The molecular formula is C19H18FNO3. The number of carbonyl (C=O) groups excluding carboxylic acids is 1. The summed E-state index contributed by atoms with van der Waals surface area (Å²) >= 11 is 0. The third kappa shape index (κ3) is 2.31. The molecule has 0 radical (unpaired) electrons. The lowest BCUT2D eigenvalue weighted by Gasteiger charge is -2.26. The van der Waals surface area contributed by atoms with Crippen LogP contribution >= 0.6 is 0 Å². The molecule has 0 saturated heterocycles. The Labute approximate surface area is 139 Å². The molecule has 1 heterocycles. The predicted octanol–water partition coefficient (Wildman–Crippen LogP) is 3.51. The second-order valence-corrected chi connectivity index (χ2v) is 6.34. The monoisotopic (exact) mass is 327 g/mol. The van der Waals surface area contributed by atoms with Crippen LogP contribution in [0.15, 0.2) is 42.5 Å². The molecule has 1 aliphatic carbocycles. The minimum Gasteiger partial charge on any atom is -0.494 e. The first-order chi connectivity index (χ1) is 11.6. The van der Waals surface area contributed by atoms with Crippen molar-refractivity contribution in [1.29, 1.82) is 0 Å². The van der Waals surface area contributed by atoms with E-state index in [4.69, 9.17) is 9.47 Å². The number of fused-ring (bicyclic) bond motifs is 2. The van der Waals surface area contributed by atoms with Crippen molar-refractivity contribution in [2.45, 2.75) is 18.3 Å². The molecule has 1 amide bonds. The normalized spacial score (nSPS) is 24.0. The number of hydrogen-bond acceptors (Lipinski definition) is 3. The van der Waals surface area contributed by atoms with Gasteiger partial charge in [-0.15, -0.1) is 0 Å². The molecule has 4 rings (SSSR count). The van der Waals surface area contributed by atoms with Crippen LogP contribution in [0.5, 0.6) is 11.5 Å². The largest absolute Gasteiger partial charge is 0.494 e. The summed E-state index contributed by atoms with van der Waals surface area (Å²) in [6, 6.07) is 12.0. The number of methoxy groups -OCH3 is 1. The number of hydrogen-bond donors (Lipinski definition) is 1. The number of nitrogens with one attached hydrogen (secondary N) is 1. The first kappa shape index (κ1) is 15.0.